The molecule has 20 heavy (non-hydrogen) atoms. The van der Waals surface area contributed by atoms with Gasteiger partial charge in [-0.15, -0.1) is 0 Å². The third kappa shape index (κ3) is 2.72. The number of benzene rings is 1. The maximum Gasteiger partial charge on any atom is 0.471 e. The van der Waals surface area contributed by atoms with Crippen molar-refractivity contribution in [2.75, 3.05) is 0 Å². The standard InChI is InChI=1S/C12H9ClF3NO3/c13-8-2-1-6-4-9(10(18)19)17(5-7(6)3-8)11(20)12(14,15)16/h1-3,9H,4-5H2,(H,18,19)/t9-/m1/s1. The van der Waals surface area contributed by atoms with Crippen LogP contribution in [-0.4, -0.2) is 34.1 Å². The lowest BCUT2D eigenvalue weighted by molar-refractivity contribution is -0.191. The zero-order valence-corrected chi connectivity index (χ0v) is 10.7. The molecule has 0 fully saturated rings. The number of nitrogens with zero attached hydrogens (tertiary/aromatic N) is 1. The number of alkyl halides is 3. The molecule has 0 aliphatic carbocycles. The van der Waals surface area contributed by atoms with Crippen LogP contribution < -0.4 is 0 Å². The molecule has 0 bridgehead atoms. The Kier molecular flexibility index (Phi) is 3.64. The molecule has 1 heterocycles. The van der Waals surface area contributed by atoms with Crippen LogP contribution in [0.4, 0.5) is 13.2 Å². The Morgan fingerprint density at radius 1 is 1.30 bits per heavy atom. The van der Waals surface area contributed by atoms with Crippen molar-refractivity contribution in [1.29, 1.82) is 0 Å². The van der Waals surface area contributed by atoms with Crippen LogP contribution in [0.15, 0.2) is 18.2 Å². The first kappa shape index (κ1) is 14.6. The van der Waals surface area contributed by atoms with Crippen LogP contribution in [0.25, 0.3) is 0 Å². The highest BCUT2D eigenvalue weighted by Gasteiger charge is 2.47. The number of amides is 1. The quantitative estimate of drug-likeness (QED) is 0.865. The number of hydrogen-bond acceptors (Lipinski definition) is 2. The maximum absolute atomic E-state index is 12.5. The number of carboxylic acid groups (broad SMARTS) is 1. The molecular weight excluding hydrogens is 299 g/mol. The molecule has 0 unspecified atom stereocenters. The van der Waals surface area contributed by atoms with Gasteiger partial charge in [0.15, 0.2) is 0 Å². The molecule has 0 aromatic heterocycles. The van der Waals surface area contributed by atoms with E-state index in [1.54, 1.807) is 6.07 Å². The highest BCUT2D eigenvalue weighted by Crippen LogP contribution is 2.29. The summed E-state index contributed by atoms with van der Waals surface area (Å²) in [6, 6.07) is 2.99. The normalized spacial score (nSPS) is 18.6. The summed E-state index contributed by atoms with van der Waals surface area (Å²) in [7, 11) is 0. The number of aliphatic carboxylic acids is 1. The first-order chi connectivity index (χ1) is 9.20. The second kappa shape index (κ2) is 4.97. The van der Waals surface area contributed by atoms with E-state index in [4.69, 9.17) is 16.7 Å². The van der Waals surface area contributed by atoms with Gasteiger partial charge in [0.1, 0.15) is 6.04 Å². The third-order valence-electron chi connectivity index (χ3n) is 3.09. The molecule has 0 radical (unpaired) electrons. The van der Waals surface area contributed by atoms with Crippen LogP contribution in [0, 0.1) is 0 Å². The van der Waals surface area contributed by atoms with Crippen molar-refractivity contribution in [3.05, 3.63) is 34.3 Å². The molecule has 0 spiro atoms. The number of fused-ring (bicyclic) bond motifs is 1. The van der Waals surface area contributed by atoms with Crippen molar-refractivity contribution in [3.63, 3.8) is 0 Å². The molecular formula is C12H9ClF3NO3. The minimum absolute atomic E-state index is 0.177. The fourth-order valence-electron chi connectivity index (χ4n) is 2.15. The molecule has 1 aliphatic heterocycles. The summed E-state index contributed by atoms with van der Waals surface area (Å²) in [5, 5.41) is 9.33. The Morgan fingerprint density at radius 3 is 2.50 bits per heavy atom. The van der Waals surface area contributed by atoms with E-state index in [2.05, 4.69) is 0 Å². The zero-order valence-electron chi connectivity index (χ0n) is 9.95. The third-order valence-corrected chi connectivity index (χ3v) is 3.32. The van der Waals surface area contributed by atoms with E-state index in [1.165, 1.54) is 12.1 Å². The number of rotatable bonds is 1. The lowest BCUT2D eigenvalue weighted by Crippen LogP contribution is -2.52. The van der Waals surface area contributed by atoms with Crippen LogP contribution in [-0.2, 0) is 22.6 Å². The van der Waals surface area contributed by atoms with E-state index < -0.39 is 30.6 Å². The lowest BCUT2D eigenvalue weighted by atomic mass is 9.94. The van der Waals surface area contributed by atoms with E-state index in [9.17, 15) is 22.8 Å². The van der Waals surface area contributed by atoms with Gasteiger partial charge in [0.2, 0.25) is 0 Å². The summed E-state index contributed by atoms with van der Waals surface area (Å²) in [6.07, 6.45) is -5.28. The number of hydrogen-bond donors (Lipinski definition) is 1. The predicted octanol–water partition coefficient (Wildman–Crippen LogP) is 2.24. The van der Waals surface area contributed by atoms with Crippen molar-refractivity contribution >= 4 is 23.5 Å². The van der Waals surface area contributed by atoms with Crippen LogP contribution in [0.2, 0.25) is 5.02 Å². The number of halogens is 4. The molecule has 0 saturated carbocycles. The van der Waals surface area contributed by atoms with Gasteiger partial charge in [-0.05, 0) is 23.3 Å². The first-order valence-electron chi connectivity index (χ1n) is 5.58. The number of carboxylic acids is 1. The fraction of sp³-hybridized carbons (Fsp3) is 0.333. The highest BCUT2D eigenvalue weighted by atomic mass is 35.5. The topological polar surface area (TPSA) is 57.6 Å². The Hall–Kier alpha value is -1.76. The monoisotopic (exact) mass is 307 g/mol. The van der Waals surface area contributed by atoms with Gasteiger partial charge in [0.05, 0.1) is 0 Å². The van der Waals surface area contributed by atoms with Gasteiger partial charge in [0, 0.05) is 18.0 Å². The van der Waals surface area contributed by atoms with Crippen molar-refractivity contribution in [2.45, 2.75) is 25.2 Å². The average molecular weight is 308 g/mol. The molecule has 8 heteroatoms. The Bertz CT molecular complexity index is 574. The molecule has 1 amide bonds. The maximum atomic E-state index is 12.5. The Labute approximate surface area is 116 Å². The smallest absolute Gasteiger partial charge is 0.471 e. The summed E-state index contributed by atoms with van der Waals surface area (Å²) in [5.41, 5.74) is 1.00. The summed E-state index contributed by atoms with van der Waals surface area (Å²) in [6.45, 7) is -0.425. The van der Waals surface area contributed by atoms with Crippen LogP contribution in [0.5, 0.6) is 0 Å². The minimum atomic E-state index is -5.11. The van der Waals surface area contributed by atoms with Gasteiger partial charge in [0.25, 0.3) is 0 Å². The zero-order chi connectivity index (χ0) is 15.1. The SMILES string of the molecule is O=C(O)[C@H]1Cc2ccc(Cl)cc2CN1C(=O)C(F)(F)F. The summed E-state index contributed by atoms with van der Waals surface area (Å²) in [4.78, 5) is 22.7. The second-order valence-corrected chi connectivity index (χ2v) is 4.84. The summed E-state index contributed by atoms with van der Waals surface area (Å²) < 4.78 is 37.5. The van der Waals surface area contributed by atoms with E-state index in [-0.39, 0.29) is 6.42 Å². The van der Waals surface area contributed by atoms with Gasteiger partial charge < -0.3 is 10.0 Å². The first-order valence-corrected chi connectivity index (χ1v) is 5.96. The summed E-state index contributed by atoms with van der Waals surface area (Å²) in [5.74, 6) is -3.63. The predicted molar refractivity (Wildman–Crippen MR) is 63.2 cm³/mol. The molecule has 1 aromatic carbocycles. The van der Waals surface area contributed by atoms with Crippen LogP contribution in [0.1, 0.15) is 11.1 Å². The van der Waals surface area contributed by atoms with Gasteiger partial charge in [-0.2, -0.15) is 13.2 Å². The van der Waals surface area contributed by atoms with Gasteiger partial charge in [-0.3, -0.25) is 4.79 Å². The molecule has 1 atom stereocenters. The second-order valence-electron chi connectivity index (χ2n) is 4.40. The molecule has 2 rings (SSSR count). The van der Waals surface area contributed by atoms with Gasteiger partial charge in [-0.1, -0.05) is 17.7 Å². The average Bonchev–Trinajstić information content (AvgIpc) is 2.34. The van der Waals surface area contributed by atoms with E-state index >= 15 is 0 Å². The largest absolute Gasteiger partial charge is 0.480 e. The Morgan fingerprint density at radius 2 is 1.95 bits per heavy atom. The van der Waals surface area contributed by atoms with E-state index in [0.29, 0.717) is 21.0 Å². The van der Waals surface area contributed by atoms with Crippen LogP contribution >= 0.6 is 11.6 Å². The van der Waals surface area contributed by atoms with E-state index in [1.807, 2.05) is 0 Å². The molecule has 1 aliphatic rings. The lowest BCUT2D eigenvalue weighted by Gasteiger charge is -2.34. The van der Waals surface area contributed by atoms with Crippen molar-refractivity contribution in [3.8, 4) is 0 Å². The molecule has 4 nitrogen and oxygen atoms in total. The minimum Gasteiger partial charge on any atom is -0.480 e. The van der Waals surface area contributed by atoms with Gasteiger partial charge in [-0.25, -0.2) is 4.79 Å². The highest BCUT2D eigenvalue weighted by molar-refractivity contribution is 6.30. The molecule has 108 valence electrons. The van der Waals surface area contributed by atoms with Gasteiger partial charge >= 0.3 is 18.1 Å². The molecule has 1 N–H and O–H groups in total. The fourth-order valence-corrected chi connectivity index (χ4v) is 2.34. The van der Waals surface area contributed by atoms with Crippen molar-refractivity contribution < 1.29 is 27.9 Å². The number of carbonyl (C=O) groups excluding carboxylic acids is 1. The summed E-state index contributed by atoms with van der Waals surface area (Å²) >= 11 is 5.75. The Balaban J connectivity index is 2.40. The van der Waals surface area contributed by atoms with Crippen molar-refractivity contribution in [1.82, 2.24) is 4.90 Å². The van der Waals surface area contributed by atoms with Crippen LogP contribution in [0.3, 0.4) is 0 Å². The molecule has 1 aromatic rings. The molecule has 0 saturated heterocycles. The van der Waals surface area contributed by atoms with E-state index in [0.717, 1.165) is 0 Å². The van der Waals surface area contributed by atoms with Crippen molar-refractivity contribution in [2.24, 2.45) is 0 Å². The number of carbonyl (C=O) groups is 2.